The van der Waals surface area contributed by atoms with E-state index in [0.717, 1.165) is 24.3 Å². The van der Waals surface area contributed by atoms with Gasteiger partial charge in [-0.05, 0) is 24.3 Å². The Kier molecular flexibility index (Phi) is 9.29. The Hall–Kier alpha value is -3.00. The van der Waals surface area contributed by atoms with E-state index in [1.165, 1.54) is 0 Å². The molecule has 0 radical (unpaired) electrons. The van der Waals surface area contributed by atoms with Crippen LogP contribution in [0, 0.1) is 46.5 Å². The van der Waals surface area contributed by atoms with Crippen LogP contribution in [0.25, 0.3) is 0 Å². The van der Waals surface area contributed by atoms with Crippen molar-refractivity contribution in [3.63, 3.8) is 0 Å². The number of hydrogen-bond donors (Lipinski definition) is 2. The first-order chi connectivity index (χ1) is 20.5. The zero-order valence-electron chi connectivity index (χ0n) is 21.7. The molecule has 0 fully saturated rings. The van der Waals surface area contributed by atoms with Gasteiger partial charge in [-0.15, -0.1) is 0 Å². The summed E-state index contributed by atoms with van der Waals surface area (Å²) in [5, 5.41) is 22.8. The number of aliphatic hydroxyl groups is 2. The molecule has 0 amide bonds. The van der Waals surface area contributed by atoms with Gasteiger partial charge in [0.2, 0.25) is 23.3 Å². The lowest BCUT2D eigenvalue weighted by molar-refractivity contribution is -0.120. The topological polar surface area (TPSA) is 58.9 Å². The molecule has 4 rings (SSSR count). The first kappa shape index (κ1) is 33.9. The van der Waals surface area contributed by atoms with Crippen LogP contribution in [0.1, 0.15) is 22.3 Å². The van der Waals surface area contributed by atoms with Crippen molar-refractivity contribution in [3.05, 3.63) is 125 Å². The van der Waals surface area contributed by atoms with Crippen molar-refractivity contribution >= 4 is 46.4 Å². The highest BCUT2D eigenvalue weighted by Crippen LogP contribution is 2.57. The number of methoxy groups -OCH3 is 2. The maximum atomic E-state index is 15.9. The summed E-state index contributed by atoms with van der Waals surface area (Å²) < 4.78 is 133. The van der Waals surface area contributed by atoms with Crippen LogP contribution in [0.5, 0.6) is 11.5 Å². The SMILES string of the molecule is COc1c(F)c(F)c(C(O)(c2ccc(Cl)cc2Cl)C(O)(c2ccc(Cl)cc2Cl)c2c(F)c(F)c(OC)c(F)c2F)c(F)c1F. The van der Waals surface area contributed by atoms with Crippen molar-refractivity contribution in [1.82, 2.24) is 0 Å². The summed E-state index contributed by atoms with van der Waals surface area (Å²) in [6.45, 7) is 0. The monoisotopic (exact) mass is 706 g/mol. The van der Waals surface area contributed by atoms with E-state index in [0.29, 0.717) is 26.4 Å². The smallest absolute Gasteiger partial charge is 0.204 e. The lowest BCUT2D eigenvalue weighted by atomic mass is 9.65. The summed E-state index contributed by atoms with van der Waals surface area (Å²) in [4.78, 5) is 0. The molecule has 4 aromatic rings. The summed E-state index contributed by atoms with van der Waals surface area (Å²) >= 11 is 24.2. The quantitative estimate of drug-likeness (QED) is 0.149. The molecule has 16 heteroatoms. The van der Waals surface area contributed by atoms with Gasteiger partial charge < -0.3 is 19.7 Å². The first-order valence-electron chi connectivity index (χ1n) is 11.7. The van der Waals surface area contributed by atoms with Gasteiger partial charge in [-0.25, -0.2) is 17.6 Å². The molecule has 2 atom stereocenters. The highest BCUT2D eigenvalue weighted by Gasteiger charge is 2.62. The third-order valence-electron chi connectivity index (χ3n) is 6.74. The van der Waals surface area contributed by atoms with Gasteiger partial charge in [-0.3, -0.25) is 0 Å². The van der Waals surface area contributed by atoms with Crippen molar-refractivity contribution in [2.24, 2.45) is 0 Å². The third-order valence-corrected chi connectivity index (χ3v) is 7.84. The molecule has 2 unspecified atom stereocenters. The zero-order valence-corrected chi connectivity index (χ0v) is 24.7. The minimum absolute atomic E-state index is 0.221. The first-order valence-corrected chi connectivity index (χ1v) is 13.2. The second kappa shape index (κ2) is 12.1. The van der Waals surface area contributed by atoms with E-state index in [1.807, 2.05) is 0 Å². The fourth-order valence-corrected chi connectivity index (χ4v) is 5.89. The zero-order chi connectivity index (χ0) is 33.0. The summed E-state index contributed by atoms with van der Waals surface area (Å²) in [6.07, 6.45) is 0. The van der Waals surface area contributed by atoms with E-state index in [4.69, 9.17) is 46.4 Å². The van der Waals surface area contributed by atoms with E-state index < -0.39 is 102 Å². The Balaban J connectivity index is 2.42. The van der Waals surface area contributed by atoms with Crippen molar-refractivity contribution in [1.29, 1.82) is 0 Å². The number of hydrogen-bond acceptors (Lipinski definition) is 4. The van der Waals surface area contributed by atoms with E-state index in [9.17, 15) is 10.2 Å². The third kappa shape index (κ3) is 4.83. The van der Waals surface area contributed by atoms with E-state index in [-0.39, 0.29) is 10.0 Å². The lowest BCUT2D eigenvalue weighted by Gasteiger charge is -2.46. The molecule has 0 aliphatic carbocycles. The Bertz CT molecular complexity index is 1640. The molecule has 0 spiro atoms. The highest BCUT2D eigenvalue weighted by atomic mass is 35.5. The number of ether oxygens (including phenoxy) is 2. The molecule has 0 aliphatic heterocycles. The van der Waals surface area contributed by atoms with Crippen molar-refractivity contribution in [2.45, 2.75) is 11.2 Å². The van der Waals surface area contributed by atoms with E-state index >= 15 is 35.1 Å². The van der Waals surface area contributed by atoms with Crippen molar-refractivity contribution in [2.75, 3.05) is 14.2 Å². The molecule has 0 saturated carbocycles. The van der Waals surface area contributed by atoms with Gasteiger partial charge in [-0.2, -0.15) is 17.6 Å². The summed E-state index contributed by atoms with van der Waals surface area (Å²) in [7, 11) is 1.25. The van der Waals surface area contributed by atoms with Gasteiger partial charge in [0, 0.05) is 31.2 Å². The minimum Gasteiger partial charge on any atom is -0.491 e. The van der Waals surface area contributed by atoms with Crippen LogP contribution in [-0.2, 0) is 11.2 Å². The average Bonchev–Trinajstić information content (AvgIpc) is 2.95. The molecule has 0 aliphatic rings. The Morgan fingerprint density at radius 3 is 1.00 bits per heavy atom. The molecule has 2 N–H and O–H groups in total. The fraction of sp³-hybridized carbons (Fsp3) is 0.143. The molecule has 0 saturated heterocycles. The Labute approximate surface area is 262 Å². The molecular weight excluding hydrogens is 694 g/mol. The molecule has 44 heavy (non-hydrogen) atoms. The fourth-order valence-electron chi connectivity index (χ4n) is 4.80. The molecule has 0 bridgehead atoms. The number of halogens is 12. The number of rotatable bonds is 7. The summed E-state index contributed by atoms with van der Waals surface area (Å²) in [5.41, 5.74) is -15.2. The molecule has 0 aromatic heterocycles. The summed E-state index contributed by atoms with van der Waals surface area (Å²) in [6, 6.07) is 4.63. The van der Waals surface area contributed by atoms with Crippen molar-refractivity contribution < 1.29 is 54.8 Å². The minimum atomic E-state index is -4.27. The van der Waals surface area contributed by atoms with Gasteiger partial charge >= 0.3 is 0 Å². The van der Waals surface area contributed by atoms with E-state index in [1.54, 1.807) is 0 Å². The predicted molar refractivity (Wildman–Crippen MR) is 145 cm³/mol. The van der Waals surface area contributed by atoms with Crippen LogP contribution in [-0.4, -0.2) is 24.4 Å². The van der Waals surface area contributed by atoms with Gasteiger partial charge in [0.25, 0.3) is 0 Å². The van der Waals surface area contributed by atoms with Crippen LogP contribution in [0.15, 0.2) is 36.4 Å². The largest absolute Gasteiger partial charge is 0.491 e. The van der Waals surface area contributed by atoms with E-state index in [2.05, 4.69) is 9.47 Å². The molecule has 4 aromatic carbocycles. The average molecular weight is 708 g/mol. The summed E-state index contributed by atoms with van der Waals surface area (Å²) in [5.74, 6) is -22.5. The second-order valence-corrected chi connectivity index (χ2v) is 10.7. The van der Waals surface area contributed by atoms with Crippen LogP contribution < -0.4 is 9.47 Å². The standard InChI is InChI=1S/C28H14Cl4F8O4/c1-43-25-21(37)17(33)15(18(34)22(25)38)27(41,11-5-3-9(29)7-13(11)31)28(42,12-6-4-10(30)8-14(12)32)16-19(35)23(39)26(44-2)24(40)20(16)36/h3-8,41-42H,1-2H3. The van der Waals surface area contributed by atoms with Crippen LogP contribution in [0.3, 0.4) is 0 Å². The normalized spacial score (nSPS) is 14.3. The number of benzene rings is 4. The van der Waals surface area contributed by atoms with Crippen LogP contribution in [0.2, 0.25) is 20.1 Å². The lowest BCUT2D eigenvalue weighted by Crippen LogP contribution is -2.54. The predicted octanol–water partition coefficient (Wildman–Crippen LogP) is 8.60. The highest BCUT2D eigenvalue weighted by molar-refractivity contribution is 6.36. The molecular formula is C28H14Cl4F8O4. The van der Waals surface area contributed by atoms with Crippen LogP contribution in [0.4, 0.5) is 35.1 Å². The molecule has 234 valence electrons. The van der Waals surface area contributed by atoms with Gasteiger partial charge in [0.1, 0.15) is 0 Å². The Morgan fingerprint density at radius 2 is 0.773 bits per heavy atom. The maximum Gasteiger partial charge on any atom is 0.204 e. The van der Waals surface area contributed by atoms with Gasteiger partial charge in [0.05, 0.1) is 25.3 Å². The van der Waals surface area contributed by atoms with Crippen molar-refractivity contribution in [3.8, 4) is 11.5 Å². The Morgan fingerprint density at radius 1 is 0.500 bits per heavy atom. The van der Waals surface area contributed by atoms with Crippen LogP contribution >= 0.6 is 46.4 Å². The molecule has 0 heterocycles. The van der Waals surface area contributed by atoms with Gasteiger partial charge in [-0.1, -0.05) is 58.5 Å². The van der Waals surface area contributed by atoms with Gasteiger partial charge in [0.15, 0.2) is 46.0 Å². The second-order valence-electron chi connectivity index (χ2n) is 9.00. The maximum absolute atomic E-state index is 15.9. The molecule has 4 nitrogen and oxygen atoms in total.